The Kier molecular flexibility index (Phi) is 5.04. The summed E-state index contributed by atoms with van der Waals surface area (Å²) in [5, 5.41) is 5.81. The van der Waals surface area contributed by atoms with Crippen LogP contribution < -0.4 is 5.32 Å². The van der Waals surface area contributed by atoms with Crippen LogP contribution in [0, 0.1) is 0 Å². The summed E-state index contributed by atoms with van der Waals surface area (Å²) >= 11 is 1.93. The number of nitrogens with zero attached hydrogens (tertiary/aromatic N) is 1. The first-order chi connectivity index (χ1) is 8.97. The minimum absolute atomic E-state index is 0.254. The first kappa shape index (κ1) is 15.0. The van der Waals surface area contributed by atoms with Gasteiger partial charge in [0, 0.05) is 23.0 Å². The molecule has 1 aromatic rings. The molecule has 0 saturated heterocycles. The summed E-state index contributed by atoms with van der Waals surface area (Å²) in [6, 6.07) is 2.93. The number of hydrogen-bond acceptors (Lipinski definition) is 3. The van der Waals surface area contributed by atoms with Gasteiger partial charge < -0.3 is 5.32 Å². The Balaban J connectivity index is 1.70. The summed E-state index contributed by atoms with van der Waals surface area (Å²) in [5.74, 6) is 0. The van der Waals surface area contributed by atoms with Gasteiger partial charge >= 0.3 is 0 Å². The molecule has 0 radical (unpaired) electrons. The largest absolute Gasteiger partial charge is 0.312 e. The molecule has 0 aromatic carbocycles. The summed E-state index contributed by atoms with van der Waals surface area (Å²) in [5.41, 5.74) is 1.83. The normalized spacial score (nSPS) is 20.5. The first-order valence-electron chi connectivity index (χ1n) is 7.53. The number of fused-ring (bicyclic) bond motifs is 1. The Bertz CT molecular complexity index is 392. The molecule has 0 spiro atoms. The molecule has 1 aliphatic rings. The Morgan fingerprint density at radius 1 is 1.37 bits per heavy atom. The fourth-order valence-corrected chi connectivity index (χ4v) is 3.73. The molecule has 108 valence electrons. The van der Waals surface area contributed by atoms with E-state index in [1.807, 2.05) is 11.3 Å². The standard InChI is InChI=1S/C16H28N2S/c1-13-14-8-12-19-15(14)7-11-18(13)10-6-5-9-17-16(2,3)4/h8,12-13,17H,5-7,9-11H2,1-4H3. The van der Waals surface area contributed by atoms with E-state index in [0.29, 0.717) is 6.04 Å². The topological polar surface area (TPSA) is 15.3 Å². The number of hydrogen-bond donors (Lipinski definition) is 1. The van der Waals surface area contributed by atoms with Gasteiger partial charge in [-0.2, -0.15) is 0 Å². The predicted octanol–water partition coefficient (Wildman–Crippen LogP) is 3.84. The molecule has 2 rings (SSSR count). The second kappa shape index (κ2) is 6.38. The summed E-state index contributed by atoms with van der Waals surface area (Å²) in [6.45, 7) is 12.7. The fraction of sp³-hybridized carbons (Fsp3) is 0.750. The van der Waals surface area contributed by atoms with E-state index >= 15 is 0 Å². The summed E-state index contributed by atoms with van der Waals surface area (Å²) < 4.78 is 0. The van der Waals surface area contributed by atoms with Gasteiger partial charge in [0.2, 0.25) is 0 Å². The molecule has 0 amide bonds. The van der Waals surface area contributed by atoms with Gasteiger partial charge in [0.15, 0.2) is 0 Å². The van der Waals surface area contributed by atoms with Gasteiger partial charge in [-0.05, 0) is 77.1 Å². The zero-order valence-corrected chi connectivity index (χ0v) is 13.6. The van der Waals surface area contributed by atoms with Gasteiger partial charge in [0.05, 0.1) is 0 Å². The Labute approximate surface area is 122 Å². The van der Waals surface area contributed by atoms with E-state index in [4.69, 9.17) is 0 Å². The zero-order chi connectivity index (χ0) is 13.9. The third-order valence-electron chi connectivity index (χ3n) is 3.93. The second-order valence-corrected chi connectivity index (χ2v) is 7.65. The highest BCUT2D eigenvalue weighted by molar-refractivity contribution is 7.10. The smallest absolute Gasteiger partial charge is 0.0331 e. The Morgan fingerprint density at radius 2 is 2.16 bits per heavy atom. The van der Waals surface area contributed by atoms with Crippen molar-refractivity contribution < 1.29 is 0 Å². The highest BCUT2D eigenvalue weighted by Crippen LogP contribution is 2.32. The fourth-order valence-electron chi connectivity index (χ4n) is 2.77. The average molecular weight is 280 g/mol. The molecule has 1 atom stereocenters. The SMILES string of the molecule is CC1c2ccsc2CCN1CCCCNC(C)(C)C. The molecule has 0 saturated carbocycles. The van der Waals surface area contributed by atoms with Gasteiger partial charge in [0.25, 0.3) is 0 Å². The van der Waals surface area contributed by atoms with Crippen molar-refractivity contribution in [2.24, 2.45) is 0 Å². The van der Waals surface area contributed by atoms with E-state index in [9.17, 15) is 0 Å². The van der Waals surface area contributed by atoms with Crippen LogP contribution in [0.1, 0.15) is 57.0 Å². The molecular weight excluding hydrogens is 252 g/mol. The summed E-state index contributed by atoms with van der Waals surface area (Å²) in [7, 11) is 0. The zero-order valence-electron chi connectivity index (χ0n) is 12.8. The maximum Gasteiger partial charge on any atom is 0.0331 e. The molecule has 1 unspecified atom stereocenters. The highest BCUT2D eigenvalue weighted by atomic mass is 32.1. The van der Waals surface area contributed by atoms with Crippen molar-refractivity contribution in [3.63, 3.8) is 0 Å². The van der Waals surface area contributed by atoms with Crippen molar-refractivity contribution in [2.45, 2.75) is 58.5 Å². The molecule has 0 bridgehead atoms. The monoisotopic (exact) mass is 280 g/mol. The minimum atomic E-state index is 0.254. The summed E-state index contributed by atoms with van der Waals surface area (Å²) in [6.07, 6.45) is 3.82. The van der Waals surface area contributed by atoms with E-state index in [1.165, 1.54) is 32.4 Å². The molecule has 19 heavy (non-hydrogen) atoms. The van der Waals surface area contributed by atoms with Crippen LogP contribution >= 0.6 is 11.3 Å². The van der Waals surface area contributed by atoms with Gasteiger partial charge in [-0.3, -0.25) is 4.90 Å². The molecular formula is C16H28N2S. The van der Waals surface area contributed by atoms with Crippen LogP contribution in [0.4, 0.5) is 0 Å². The molecule has 1 aromatic heterocycles. The molecule has 0 fully saturated rings. The number of rotatable bonds is 5. The van der Waals surface area contributed by atoms with Gasteiger partial charge in [-0.25, -0.2) is 0 Å². The maximum absolute atomic E-state index is 3.57. The lowest BCUT2D eigenvalue weighted by atomic mass is 10.0. The Morgan fingerprint density at radius 3 is 2.89 bits per heavy atom. The van der Waals surface area contributed by atoms with Crippen molar-refractivity contribution in [1.29, 1.82) is 0 Å². The first-order valence-corrected chi connectivity index (χ1v) is 8.41. The third-order valence-corrected chi connectivity index (χ3v) is 4.93. The highest BCUT2D eigenvalue weighted by Gasteiger charge is 2.23. The van der Waals surface area contributed by atoms with Crippen molar-refractivity contribution in [2.75, 3.05) is 19.6 Å². The van der Waals surface area contributed by atoms with E-state index < -0.39 is 0 Å². The molecule has 1 aliphatic heterocycles. The Hall–Kier alpha value is -0.380. The lowest BCUT2D eigenvalue weighted by Gasteiger charge is -2.33. The van der Waals surface area contributed by atoms with E-state index in [-0.39, 0.29) is 5.54 Å². The number of unbranched alkanes of at least 4 members (excludes halogenated alkanes) is 1. The minimum Gasteiger partial charge on any atom is -0.312 e. The van der Waals surface area contributed by atoms with Crippen molar-refractivity contribution in [3.05, 3.63) is 21.9 Å². The molecule has 2 heterocycles. The molecule has 3 heteroatoms. The quantitative estimate of drug-likeness (QED) is 0.825. The van der Waals surface area contributed by atoms with Crippen molar-refractivity contribution >= 4 is 11.3 Å². The predicted molar refractivity (Wildman–Crippen MR) is 85.0 cm³/mol. The van der Waals surface area contributed by atoms with Gasteiger partial charge in [-0.1, -0.05) is 0 Å². The van der Waals surface area contributed by atoms with Crippen LogP contribution in [0.2, 0.25) is 0 Å². The third kappa shape index (κ3) is 4.30. The van der Waals surface area contributed by atoms with Gasteiger partial charge in [-0.15, -0.1) is 11.3 Å². The molecule has 1 N–H and O–H groups in total. The lowest BCUT2D eigenvalue weighted by molar-refractivity contribution is 0.196. The van der Waals surface area contributed by atoms with E-state index in [0.717, 1.165) is 6.54 Å². The van der Waals surface area contributed by atoms with E-state index in [1.54, 1.807) is 10.4 Å². The number of nitrogens with one attached hydrogen (secondary N) is 1. The van der Waals surface area contributed by atoms with Crippen LogP contribution in [-0.2, 0) is 6.42 Å². The van der Waals surface area contributed by atoms with Crippen LogP contribution in [0.3, 0.4) is 0 Å². The lowest BCUT2D eigenvalue weighted by Crippen LogP contribution is -2.37. The average Bonchev–Trinajstić information content (AvgIpc) is 2.79. The van der Waals surface area contributed by atoms with Crippen LogP contribution in [0.15, 0.2) is 11.4 Å². The second-order valence-electron chi connectivity index (χ2n) is 6.64. The molecule has 2 nitrogen and oxygen atoms in total. The summed E-state index contributed by atoms with van der Waals surface area (Å²) in [4.78, 5) is 4.25. The molecule has 0 aliphatic carbocycles. The number of thiophene rings is 1. The van der Waals surface area contributed by atoms with E-state index in [2.05, 4.69) is 49.4 Å². The van der Waals surface area contributed by atoms with Crippen molar-refractivity contribution in [3.8, 4) is 0 Å². The van der Waals surface area contributed by atoms with Crippen molar-refractivity contribution in [1.82, 2.24) is 10.2 Å². The van der Waals surface area contributed by atoms with Gasteiger partial charge in [0.1, 0.15) is 0 Å². The van der Waals surface area contributed by atoms with Crippen LogP contribution in [0.5, 0.6) is 0 Å². The van der Waals surface area contributed by atoms with Crippen LogP contribution in [-0.4, -0.2) is 30.1 Å². The van der Waals surface area contributed by atoms with Crippen LogP contribution in [0.25, 0.3) is 0 Å². The maximum atomic E-state index is 3.57.